The van der Waals surface area contributed by atoms with Gasteiger partial charge >= 0.3 is 0 Å². The normalized spacial score (nSPS) is 27.5. The Kier molecular flexibility index (Phi) is 2.26. The van der Waals surface area contributed by atoms with Gasteiger partial charge in [-0.1, -0.05) is 26.0 Å². The summed E-state index contributed by atoms with van der Waals surface area (Å²) in [5.74, 6) is 0.842. The van der Waals surface area contributed by atoms with Crippen molar-refractivity contribution in [2.45, 2.75) is 24.7 Å². The van der Waals surface area contributed by atoms with E-state index in [0.29, 0.717) is 17.5 Å². The van der Waals surface area contributed by atoms with E-state index in [1.807, 2.05) is 12.3 Å². The Morgan fingerprint density at radius 1 is 1.33 bits per heavy atom. The maximum atomic E-state index is 12.0. The molecule has 2 unspecified atom stereocenters. The van der Waals surface area contributed by atoms with Crippen molar-refractivity contribution in [2.24, 2.45) is 16.3 Å². The number of hydrogen-bond acceptors (Lipinski definition) is 3. The van der Waals surface area contributed by atoms with Gasteiger partial charge in [-0.05, 0) is 24.1 Å². The first-order chi connectivity index (χ1) is 8.39. The van der Waals surface area contributed by atoms with Crippen LogP contribution in [0.4, 0.5) is 5.69 Å². The molecule has 96 valence electrons. The van der Waals surface area contributed by atoms with E-state index in [-0.39, 0.29) is 10.3 Å². The number of benzene rings is 1. The molecule has 1 heterocycles. The summed E-state index contributed by atoms with van der Waals surface area (Å²) in [6.07, 6.45) is 1.90. The molecule has 1 aliphatic heterocycles. The second kappa shape index (κ2) is 3.42. The molecular formula is C13H16N2O2S. The molecule has 0 spiro atoms. The van der Waals surface area contributed by atoms with Gasteiger partial charge in [0.05, 0.1) is 5.69 Å². The molecule has 5 heteroatoms. The lowest BCUT2D eigenvalue weighted by Gasteiger charge is -2.13. The van der Waals surface area contributed by atoms with Gasteiger partial charge < -0.3 is 0 Å². The van der Waals surface area contributed by atoms with Crippen LogP contribution in [-0.4, -0.2) is 21.7 Å². The number of rotatable bonds is 2. The van der Waals surface area contributed by atoms with E-state index in [2.05, 4.69) is 23.6 Å². The van der Waals surface area contributed by atoms with Gasteiger partial charge in [-0.25, -0.2) is 13.1 Å². The molecule has 18 heavy (non-hydrogen) atoms. The third-order valence-electron chi connectivity index (χ3n) is 4.20. The minimum absolute atomic E-state index is 0.191. The van der Waals surface area contributed by atoms with Crippen molar-refractivity contribution >= 4 is 21.9 Å². The fraction of sp³-hybridized carbons (Fsp3) is 0.462. The highest BCUT2D eigenvalue weighted by Gasteiger charge is 2.59. The largest absolute Gasteiger partial charge is 0.259 e. The van der Waals surface area contributed by atoms with E-state index in [1.165, 1.54) is 7.05 Å². The second-order valence-electron chi connectivity index (χ2n) is 5.50. The summed E-state index contributed by atoms with van der Waals surface area (Å²) in [4.78, 5) is 4.66. The molecule has 0 bridgehead atoms. The fourth-order valence-corrected chi connectivity index (χ4v) is 3.86. The van der Waals surface area contributed by atoms with Gasteiger partial charge in [0.15, 0.2) is 0 Å². The van der Waals surface area contributed by atoms with Crippen molar-refractivity contribution < 1.29 is 8.42 Å². The molecule has 1 N–H and O–H groups in total. The van der Waals surface area contributed by atoms with Gasteiger partial charge in [-0.3, -0.25) is 4.99 Å². The summed E-state index contributed by atoms with van der Waals surface area (Å²) >= 11 is 0. The summed E-state index contributed by atoms with van der Waals surface area (Å²) in [6.45, 7) is 4.39. The number of nitrogens with one attached hydrogen (secondary N) is 1. The van der Waals surface area contributed by atoms with Crippen molar-refractivity contribution in [3.63, 3.8) is 0 Å². The quantitative estimate of drug-likeness (QED) is 0.888. The van der Waals surface area contributed by atoms with Crippen LogP contribution in [0.15, 0.2) is 28.1 Å². The van der Waals surface area contributed by atoms with Crippen molar-refractivity contribution in [2.75, 3.05) is 7.05 Å². The zero-order valence-electron chi connectivity index (χ0n) is 10.6. The number of aliphatic imine (C=N–C) groups is 1. The number of sulfonamides is 1. The Morgan fingerprint density at radius 2 is 2.06 bits per heavy atom. The lowest BCUT2D eigenvalue weighted by atomic mass is 10.0. The highest BCUT2D eigenvalue weighted by Crippen LogP contribution is 2.67. The third-order valence-corrected chi connectivity index (χ3v) is 5.64. The standard InChI is InChI=1S/C13H16N2O2S/c1-13(2)9-7-15-12-8(11(9)13)5-4-6-10(12)18(16,17)14-3/h4-7,9,11,14H,1-3H3. The highest BCUT2D eigenvalue weighted by molar-refractivity contribution is 7.89. The van der Waals surface area contributed by atoms with E-state index in [4.69, 9.17) is 0 Å². The first-order valence-corrected chi connectivity index (χ1v) is 7.48. The third kappa shape index (κ3) is 1.40. The molecule has 2 aliphatic rings. The van der Waals surface area contributed by atoms with Crippen LogP contribution in [0.3, 0.4) is 0 Å². The van der Waals surface area contributed by atoms with Crippen LogP contribution in [0, 0.1) is 11.3 Å². The van der Waals surface area contributed by atoms with Gasteiger partial charge in [0.2, 0.25) is 10.0 Å². The number of nitrogens with zero attached hydrogens (tertiary/aromatic N) is 1. The Bertz CT molecular complexity index is 647. The molecule has 1 aromatic carbocycles. The summed E-state index contributed by atoms with van der Waals surface area (Å²) < 4.78 is 26.3. The van der Waals surface area contributed by atoms with Crippen LogP contribution in [-0.2, 0) is 10.0 Å². The van der Waals surface area contributed by atoms with E-state index in [0.717, 1.165) is 5.56 Å². The Morgan fingerprint density at radius 3 is 2.72 bits per heavy atom. The molecule has 1 fully saturated rings. The van der Waals surface area contributed by atoms with Crippen LogP contribution in [0.25, 0.3) is 0 Å². The topological polar surface area (TPSA) is 58.5 Å². The Balaban J connectivity index is 2.20. The molecular weight excluding hydrogens is 248 g/mol. The summed E-state index contributed by atoms with van der Waals surface area (Å²) in [7, 11) is -2.02. The van der Waals surface area contributed by atoms with Crippen LogP contribution < -0.4 is 4.72 Å². The average molecular weight is 264 g/mol. The maximum Gasteiger partial charge on any atom is 0.242 e. The van der Waals surface area contributed by atoms with E-state index in [1.54, 1.807) is 12.1 Å². The number of hydrogen-bond donors (Lipinski definition) is 1. The zero-order valence-corrected chi connectivity index (χ0v) is 11.5. The first kappa shape index (κ1) is 11.9. The maximum absolute atomic E-state index is 12.0. The fourth-order valence-electron chi connectivity index (χ4n) is 2.96. The molecule has 3 rings (SSSR count). The van der Waals surface area contributed by atoms with Gasteiger partial charge in [-0.15, -0.1) is 0 Å². The summed E-state index contributed by atoms with van der Waals surface area (Å²) in [5, 5.41) is 0. The van der Waals surface area contributed by atoms with Gasteiger partial charge in [0.1, 0.15) is 4.90 Å². The number of para-hydroxylation sites is 1. The Hall–Kier alpha value is -1.20. The molecule has 1 aromatic rings. The summed E-state index contributed by atoms with van der Waals surface area (Å²) in [6, 6.07) is 5.40. The van der Waals surface area contributed by atoms with Crippen molar-refractivity contribution in [3.05, 3.63) is 23.8 Å². The van der Waals surface area contributed by atoms with Crippen LogP contribution >= 0.6 is 0 Å². The molecule has 2 atom stereocenters. The molecule has 0 saturated heterocycles. The molecule has 0 amide bonds. The van der Waals surface area contributed by atoms with Crippen LogP contribution in [0.2, 0.25) is 0 Å². The predicted octanol–water partition coefficient (Wildman–Crippen LogP) is 2.05. The minimum atomic E-state index is -3.45. The van der Waals surface area contributed by atoms with Gasteiger partial charge in [-0.2, -0.15) is 0 Å². The van der Waals surface area contributed by atoms with E-state index < -0.39 is 10.0 Å². The van der Waals surface area contributed by atoms with Crippen LogP contribution in [0.1, 0.15) is 25.3 Å². The molecule has 1 saturated carbocycles. The van der Waals surface area contributed by atoms with E-state index in [9.17, 15) is 8.42 Å². The SMILES string of the molecule is CNS(=O)(=O)c1cccc2c1N=CC1C2C1(C)C. The van der Waals surface area contributed by atoms with Gasteiger partial charge in [0, 0.05) is 18.1 Å². The lowest BCUT2D eigenvalue weighted by Crippen LogP contribution is -2.19. The van der Waals surface area contributed by atoms with Crippen LogP contribution in [0.5, 0.6) is 0 Å². The van der Waals surface area contributed by atoms with E-state index >= 15 is 0 Å². The second-order valence-corrected chi connectivity index (χ2v) is 7.36. The Labute approximate surface area is 107 Å². The minimum Gasteiger partial charge on any atom is -0.259 e. The highest BCUT2D eigenvalue weighted by atomic mass is 32.2. The average Bonchev–Trinajstić information content (AvgIpc) is 2.92. The monoisotopic (exact) mass is 264 g/mol. The van der Waals surface area contributed by atoms with Crippen molar-refractivity contribution in [3.8, 4) is 0 Å². The lowest BCUT2D eigenvalue weighted by molar-refractivity contribution is 0.588. The van der Waals surface area contributed by atoms with Crippen molar-refractivity contribution in [1.29, 1.82) is 0 Å². The molecule has 4 nitrogen and oxygen atoms in total. The molecule has 0 aromatic heterocycles. The zero-order chi connectivity index (χ0) is 13.1. The van der Waals surface area contributed by atoms with Crippen molar-refractivity contribution in [1.82, 2.24) is 4.72 Å². The smallest absolute Gasteiger partial charge is 0.242 e. The predicted molar refractivity (Wildman–Crippen MR) is 70.9 cm³/mol. The molecule has 0 radical (unpaired) electrons. The van der Waals surface area contributed by atoms with Gasteiger partial charge in [0.25, 0.3) is 0 Å². The number of fused-ring (bicyclic) bond motifs is 3. The first-order valence-electron chi connectivity index (χ1n) is 6.00. The summed E-state index contributed by atoms with van der Waals surface area (Å²) in [5.41, 5.74) is 1.86. The molecule has 1 aliphatic carbocycles.